The van der Waals surface area contributed by atoms with Crippen LogP contribution in [0.15, 0.2) is 24.3 Å². The van der Waals surface area contributed by atoms with Gasteiger partial charge in [0.2, 0.25) is 5.91 Å². The third kappa shape index (κ3) is 5.17. The lowest BCUT2D eigenvalue weighted by Gasteiger charge is -2.27. The Labute approximate surface area is 132 Å². The summed E-state index contributed by atoms with van der Waals surface area (Å²) in [5.74, 6) is -0.978. The minimum absolute atomic E-state index is 0.0838. The molecule has 0 saturated carbocycles. The Balaban J connectivity index is 1.93. The maximum atomic E-state index is 12.3. The van der Waals surface area contributed by atoms with Gasteiger partial charge in [0.05, 0.1) is 24.7 Å². The summed E-state index contributed by atoms with van der Waals surface area (Å²) in [5, 5.41) is 2.57. The Morgan fingerprint density at radius 2 is 2.13 bits per heavy atom. The lowest BCUT2D eigenvalue weighted by molar-refractivity contribution is -0.899. The van der Waals surface area contributed by atoms with E-state index in [1.165, 1.54) is 12.1 Å². The van der Waals surface area contributed by atoms with Crippen LogP contribution in [0.3, 0.4) is 0 Å². The molecule has 6 nitrogen and oxygen atoms in total. The van der Waals surface area contributed by atoms with Crippen molar-refractivity contribution >= 4 is 17.5 Å². The van der Waals surface area contributed by atoms with E-state index in [1.54, 1.807) is 12.1 Å². The molecule has 0 spiro atoms. The maximum absolute atomic E-state index is 12.3. The molecular weight excluding hydrogens is 308 g/mol. The Kier molecular flexibility index (Phi) is 5.86. The molecule has 2 amide bonds. The minimum Gasteiger partial charge on any atom is -0.433 e. The zero-order valence-corrected chi connectivity index (χ0v) is 12.6. The first-order valence-corrected chi connectivity index (χ1v) is 7.42. The molecule has 2 rings (SSSR count). The number of hydrogen-bond donors (Lipinski definition) is 3. The van der Waals surface area contributed by atoms with Crippen molar-refractivity contribution in [2.24, 2.45) is 11.7 Å². The number of anilines is 1. The molecule has 8 heteroatoms. The van der Waals surface area contributed by atoms with Crippen LogP contribution < -0.4 is 20.7 Å². The standard InChI is InChI=1S/C15H19F2N3O3/c16-15(17)23-12-6-2-1-5-11(12)19-13(21)9-20-7-3-4-10(8-20)14(18)22/h1-2,5-6,10,15H,3-4,7-9H2,(H2,18,22)(H,19,21)/p+1/t10-/m1/s1. The molecule has 2 atom stereocenters. The van der Waals surface area contributed by atoms with Crippen LogP contribution in [0.5, 0.6) is 5.75 Å². The average Bonchev–Trinajstić information content (AvgIpc) is 2.49. The van der Waals surface area contributed by atoms with Gasteiger partial charge < -0.3 is 20.7 Å². The highest BCUT2D eigenvalue weighted by atomic mass is 19.3. The van der Waals surface area contributed by atoms with Crippen LogP contribution in [0.25, 0.3) is 0 Å². The van der Waals surface area contributed by atoms with Gasteiger partial charge in [0.15, 0.2) is 6.54 Å². The van der Waals surface area contributed by atoms with Gasteiger partial charge in [0, 0.05) is 0 Å². The fraction of sp³-hybridized carbons (Fsp3) is 0.467. The first-order chi connectivity index (χ1) is 11.0. The quantitative estimate of drug-likeness (QED) is 0.687. The molecule has 1 aliphatic heterocycles. The molecule has 0 aliphatic carbocycles. The predicted molar refractivity (Wildman–Crippen MR) is 79.2 cm³/mol. The fourth-order valence-electron chi connectivity index (χ4n) is 2.74. The molecule has 126 valence electrons. The number of nitrogens with one attached hydrogen (secondary N) is 2. The molecule has 1 aromatic carbocycles. The summed E-state index contributed by atoms with van der Waals surface area (Å²) >= 11 is 0. The van der Waals surface area contributed by atoms with Crippen molar-refractivity contribution in [1.29, 1.82) is 0 Å². The number of para-hydroxylation sites is 2. The third-order valence-corrected chi connectivity index (χ3v) is 3.81. The van der Waals surface area contributed by atoms with Crippen molar-refractivity contribution in [2.45, 2.75) is 19.5 Å². The Hall–Kier alpha value is -2.22. The van der Waals surface area contributed by atoms with Crippen LogP contribution in [-0.2, 0) is 9.59 Å². The fourth-order valence-corrected chi connectivity index (χ4v) is 2.74. The minimum atomic E-state index is -2.96. The number of amides is 2. The average molecular weight is 328 g/mol. The summed E-state index contributed by atoms with van der Waals surface area (Å²) in [6.45, 7) is -1.53. The molecule has 1 aliphatic rings. The van der Waals surface area contributed by atoms with E-state index in [-0.39, 0.29) is 35.7 Å². The van der Waals surface area contributed by atoms with E-state index in [1.807, 2.05) is 0 Å². The largest absolute Gasteiger partial charge is 0.433 e. The summed E-state index contributed by atoms with van der Waals surface area (Å²) in [6, 6.07) is 6.01. The first kappa shape index (κ1) is 17.1. The number of likely N-dealkylation sites (tertiary alicyclic amines) is 1. The summed E-state index contributed by atoms with van der Waals surface area (Å²) in [4.78, 5) is 24.3. The SMILES string of the molecule is NC(=O)[C@@H]1CCC[NH+](CC(=O)Nc2ccccc2OC(F)F)C1. The summed E-state index contributed by atoms with van der Waals surface area (Å²) < 4.78 is 29.1. The maximum Gasteiger partial charge on any atom is 0.387 e. The lowest BCUT2D eigenvalue weighted by Crippen LogP contribution is -3.14. The molecule has 1 saturated heterocycles. The number of benzene rings is 1. The molecule has 4 N–H and O–H groups in total. The van der Waals surface area contributed by atoms with Gasteiger partial charge in [-0.15, -0.1) is 0 Å². The van der Waals surface area contributed by atoms with Gasteiger partial charge in [-0.2, -0.15) is 8.78 Å². The van der Waals surface area contributed by atoms with Crippen LogP contribution in [0.2, 0.25) is 0 Å². The summed E-state index contributed by atoms with van der Waals surface area (Å²) in [7, 11) is 0. The van der Waals surface area contributed by atoms with Gasteiger partial charge in [-0.1, -0.05) is 12.1 Å². The molecule has 0 radical (unpaired) electrons. The van der Waals surface area contributed by atoms with Crippen LogP contribution in [0.1, 0.15) is 12.8 Å². The van der Waals surface area contributed by atoms with Crippen LogP contribution >= 0.6 is 0 Å². The topological polar surface area (TPSA) is 85.9 Å². The Bertz CT molecular complexity index is 569. The predicted octanol–water partition coefficient (Wildman–Crippen LogP) is 0.00670. The zero-order valence-electron chi connectivity index (χ0n) is 12.6. The van der Waals surface area contributed by atoms with Crippen molar-refractivity contribution in [3.05, 3.63) is 24.3 Å². The van der Waals surface area contributed by atoms with E-state index in [9.17, 15) is 18.4 Å². The van der Waals surface area contributed by atoms with Gasteiger partial charge in [-0.3, -0.25) is 9.59 Å². The molecule has 1 unspecified atom stereocenters. The van der Waals surface area contributed by atoms with Gasteiger partial charge in [0.25, 0.3) is 5.91 Å². The molecular formula is C15H20F2N3O3+. The molecule has 1 aromatic rings. The molecule has 1 fully saturated rings. The second-order valence-electron chi connectivity index (χ2n) is 5.55. The number of carbonyl (C=O) groups excluding carboxylic acids is 2. The number of rotatable bonds is 6. The zero-order chi connectivity index (χ0) is 16.8. The van der Waals surface area contributed by atoms with E-state index in [2.05, 4.69) is 10.1 Å². The number of nitrogens with two attached hydrogens (primary N) is 1. The van der Waals surface area contributed by atoms with E-state index in [4.69, 9.17) is 5.73 Å². The van der Waals surface area contributed by atoms with Crippen molar-refractivity contribution in [3.8, 4) is 5.75 Å². The van der Waals surface area contributed by atoms with Crippen LogP contribution in [0.4, 0.5) is 14.5 Å². The number of quaternary nitrogens is 1. The number of primary amides is 1. The number of halogens is 2. The number of piperidine rings is 1. The number of hydrogen-bond acceptors (Lipinski definition) is 3. The normalized spacial score (nSPS) is 21.0. The van der Waals surface area contributed by atoms with E-state index in [0.29, 0.717) is 6.54 Å². The van der Waals surface area contributed by atoms with Crippen LogP contribution in [-0.4, -0.2) is 38.1 Å². The van der Waals surface area contributed by atoms with Gasteiger partial charge >= 0.3 is 6.61 Å². The highest BCUT2D eigenvalue weighted by Crippen LogP contribution is 2.25. The smallest absolute Gasteiger partial charge is 0.387 e. The monoisotopic (exact) mass is 328 g/mol. The number of carbonyl (C=O) groups is 2. The molecule has 23 heavy (non-hydrogen) atoms. The second kappa shape index (κ2) is 7.87. The number of ether oxygens (including phenoxy) is 1. The Morgan fingerprint density at radius 3 is 2.83 bits per heavy atom. The van der Waals surface area contributed by atoms with Gasteiger partial charge in [-0.05, 0) is 25.0 Å². The molecule has 0 bridgehead atoms. The van der Waals surface area contributed by atoms with E-state index < -0.39 is 6.61 Å². The highest BCUT2D eigenvalue weighted by molar-refractivity contribution is 5.93. The lowest BCUT2D eigenvalue weighted by atomic mass is 9.97. The molecule has 0 aromatic heterocycles. The third-order valence-electron chi connectivity index (χ3n) is 3.81. The molecule has 1 heterocycles. The van der Waals surface area contributed by atoms with Crippen molar-refractivity contribution in [3.63, 3.8) is 0 Å². The van der Waals surface area contributed by atoms with Crippen molar-refractivity contribution < 1.29 is 28.0 Å². The van der Waals surface area contributed by atoms with Crippen molar-refractivity contribution in [1.82, 2.24) is 0 Å². The summed E-state index contributed by atoms with van der Waals surface area (Å²) in [6.07, 6.45) is 1.56. The van der Waals surface area contributed by atoms with Gasteiger partial charge in [0.1, 0.15) is 5.75 Å². The van der Waals surface area contributed by atoms with Crippen LogP contribution in [0, 0.1) is 5.92 Å². The summed E-state index contributed by atoms with van der Waals surface area (Å²) in [5.41, 5.74) is 5.50. The van der Waals surface area contributed by atoms with Gasteiger partial charge in [-0.25, -0.2) is 0 Å². The number of alkyl halides is 2. The van der Waals surface area contributed by atoms with E-state index >= 15 is 0 Å². The van der Waals surface area contributed by atoms with Crippen molar-refractivity contribution in [2.75, 3.05) is 25.0 Å². The highest BCUT2D eigenvalue weighted by Gasteiger charge is 2.28. The Morgan fingerprint density at radius 1 is 1.39 bits per heavy atom. The van der Waals surface area contributed by atoms with E-state index in [0.717, 1.165) is 24.3 Å². The second-order valence-corrected chi connectivity index (χ2v) is 5.55. The first-order valence-electron chi connectivity index (χ1n) is 7.42.